The first-order valence-electron chi connectivity index (χ1n) is 29.2. The van der Waals surface area contributed by atoms with Crippen LogP contribution in [0.15, 0.2) is 12.2 Å². The van der Waals surface area contributed by atoms with E-state index in [2.05, 4.69) is 26.0 Å². The van der Waals surface area contributed by atoms with Crippen molar-refractivity contribution in [3.63, 3.8) is 0 Å². The molecule has 1 saturated heterocycles. The molecule has 11 nitrogen and oxygen atoms in total. The van der Waals surface area contributed by atoms with Crippen molar-refractivity contribution in [1.29, 1.82) is 0 Å². The maximum absolute atomic E-state index is 12.9. The number of allylic oxidation sites excluding steroid dienone is 2. The molecule has 69 heavy (non-hydrogen) atoms. The average molecular weight is 981 g/mol. The van der Waals surface area contributed by atoms with E-state index >= 15 is 0 Å². The van der Waals surface area contributed by atoms with Gasteiger partial charge in [0.1, 0.15) is 24.9 Å². The Balaban J connectivity index is 2.21. The van der Waals surface area contributed by atoms with Crippen LogP contribution in [0.5, 0.6) is 0 Å². The van der Waals surface area contributed by atoms with Crippen LogP contribution in [-0.2, 0) is 33.3 Å². The third-order valence-corrected chi connectivity index (χ3v) is 13.9. The minimum absolute atomic E-state index is 0.189. The number of aliphatic carboxylic acids is 1. The summed E-state index contributed by atoms with van der Waals surface area (Å²) in [4.78, 5) is 37.1. The van der Waals surface area contributed by atoms with Gasteiger partial charge in [0.15, 0.2) is 18.5 Å². The zero-order valence-electron chi connectivity index (χ0n) is 44.6. The first-order valence-corrected chi connectivity index (χ1v) is 29.2. The smallest absolute Gasteiger partial charge is 0.335 e. The Morgan fingerprint density at radius 3 is 1.13 bits per heavy atom. The second kappa shape index (κ2) is 48.2. The van der Waals surface area contributed by atoms with Crippen molar-refractivity contribution in [3.8, 4) is 0 Å². The second-order valence-electron chi connectivity index (χ2n) is 20.5. The molecule has 1 aliphatic heterocycles. The SMILES string of the molecule is CCCCCCCC/C=C\CCCCCCCCCCCC(=O)OCC(COC1OC(C(=O)O)C(O)C(O)C1O)OC(=O)CCCCCCCCCCCCCCCCCCCCCCCCCC. The normalized spacial score (nSPS) is 18.8. The van der Waals surface area contributed by atoms with E-state index in [0.717, 1.165) is 38.5 Å². The molecule has 0 radical (unpaired) electrons. The van der Waals surface area contributed by atoms with Gasteiger partial charge in [0.2, 0.25) is 0 Å². The molecule has 0 aliphatic carbocycles. The van der Waals surface area contributed by atoms with Crippen LogP contribution in [0.25, 0.3) is 0 Å². The van der Waals surface area contributed by atoms with Gasteiger partial charge in [0.25, 0.3) is 0 Å². The fourth-order valence-electron chi connectivity index (χ4n) is 9.29. The van der Waals surface area contributed by atoms with Gasteiger partial charge in [0, 0.05) is 12.8 Å². The Kier molecular flexibility index (Phi) is 45.4. The number of carboxylic acids is 1. The summed E-state index contributed by atoms with van der Waals surface area (Å²) in [5.74, 6) is -2.42. The molecule has 6 atom stereocenters. The predicted octanol–water partition coefficient (Wildman–Crippen LogP) is 14.7. The first kappa shape index (κ1) is 65.0. The third kappa shape index (κ3) is 39.2. The van der Waals surface area contributed by atoms with Crippen LogP contribution in [0.3, 0.4) is 0 Å². The van der Waals surface area contributed by atoms with Crippen molar-refractivity contribution in [2.24, 2.45) is 0 Å². The molecule has 0 aromatic heterocycles. The largest absolute Gasteiger partial charge is 0.479 e. The van der Waals surface area contributed by atoms with E-state index in [0.29, 0.717) is 12.8 Å². The Hall–Kier alpha value is -2.05. The highest BCUT2D eigenvalue weighted by atomic mass is 16.7. The van der Waals surface area contributed by atoms with E-state index in [-0.39, 0.29) is 26.1 Å². The molecular weight excluding hydrogens is 873 g/mol. The molecule has 0 aromatic carbocycles. The number of rotatable bonds is 51. The van der Waals surface area contributed by atoms with Gasteiger partial charge in [-0.25, -0.2) is 4.79 Å². The van der Waals surface area contributed by atoms with Gasteiger partial charge in [-0.1, -0.05) is 251 Å². The summed E-state index contributed by atoms with van der Waals surface area (Å²) in [6, 6.07) is 0. The number of unbranched alkanes of at least 4 members (excludes halogenated alkanes) is 38. The van der Waals surface area contributed by atoms with E-state index in [1.54, 1.807) is 0 Å². The summed E-state index contributed by atoms with van der Waals surface area (Å²) >= 11 is 0. The Morgan fingerprint density at radius 1 is 0.435 bits per heavy atom. The fourth-order valence-corrected chi connectivity index (χ4v) is 9.29. The number of aliphatic hydroxyl groups excluding tert-OH is 3. The molecule has 4 N–H and O–H groups in total. The van der Waals surface area contributed by atoms with Crippen LogP contribution in [0.2, 0.25) is 0 Å². The number of ether oxygens (including phenoxy) is 4. The highest BCUT2D eigenvalue weighted by Crippen LogP contribution is 2.24. The van der Waals surface area contributed by atoms with Gasteiger partial charge >= 0.3 is 17.9 Å². The van der Waals surface area contributed by atoms with Crippen molar-refractivity contribution in [2.45, 2.75) is 327 Å². The minimum atomic E-state index is -1.86. The van der Waals surface area contributed by atoms with E-state index in [1.807, 2.05) is 0 Å². The standard InChI is InChI=1S/C58H108O11/c1-3-5-7-9-11-13-15-17-19-21-23-24-25-26-27-29-31-33-35-37-39-41-43-45-47-52(60)68-50(49-67-58-55(63)53(61)54(62)56(69-58)57(64)65)48-66-51(59)46-44-42-40-38-36-34-32-30-28-22-20-18-16-14-12-10-8-6-4-2/h18,20,50,53-56,58,61-63H,3-17,19,21-49H2,1-2H3,(H,64,65)/b20-18-. The maximum atomic E-state index is 12.9. The topological polar surface area (TPSA) is 169 Å². The molecule has 1 rings (SSSR count). The van der Waals surface area contributed by atoms with Crippen LogP contribution in [0.1, 0.15) is 290 Å². The molecule has 0 bridgehead atoms. The van der Waals surface area contributed by atoms with Crippen LogP contribution in [0, 0.1) is 0 Å². The minimum Gasteiger partial charge on any atom is -0.479 e. The van der Waals surface area contributed by atoms with E-state index in [9.17, 15) is 34.8 Å². The van der Waals surface area contributed by atoms with Crippen LogP contribution < -0.4 is 0 Å². The van der Waals surface area contributed by atoms with Crippen molar-refractivity contribution in [1.82, 2.24) is 0 Å². The summed E-state index contributed by atoms with van der Waals surface area (Å²) in [6.07, 6.45) is 47.0. The summed E-state index contributed by atoms with van der Waals surface area (Å²) in [5.41, 5.74) is 0. The molecule has 6 unspecified atom stereocenters. The number of carboxylic acid groups (broad SMARTS) is 1. The summed E-state index contributed by atoms with van der Waals surface area (Å²) in [5, 5.41) is 40.0. The number of esters is 2. The van der Waals surface area contributed by atoms with Crippen molar-refractivity contribution >= 4 is 17.9 Å². The van der Waals surface area contributed by atoms with Crippen LogP contribution in [0.4, 0.5) is 0 Å². The lowest BCUT2D eigenvalue weighted by atomic mass is 9.99. The Bertz CT molecular complexity index is 1200. The molecular formula is C58H108O11. The number of aliphatic hydroxyl groups is 3. The highest BCUT2D eigenvalue weighted by Gasteiger charge is 2.47. The molecule has 0 saturated carbocycles. The van der Waals surface area contributed by atoms with Crippen LogP contribution >= 0.6 is 0 Å². The van der Waals surface area contributed by atoms with Gasteiger partial charge in [-0.3, -0.25) is 9.59 Å². The zero-order valence-corrected chi connectivity index (χ0v) is 44.6. The lowest BCUT2D eigenvalue weighted by Crippen LogP contribution is -2.60. The lowest BCUT2D eigenvalue weighted by Gasteiger charge is -2.38. The summed E-state index contributed by atoms with van der Waals surface area (Å²) in [7, 11) is 0. The number of carbonyl (C=O) groups excluding carboxylic acids is 2. The van der Waals surface area contributed by atoms with Gasteiger partial charge < -0.3 is 39.4 Å². The van der Waals surface area contributed by atoms with Gasteiger partial charge in [-0.05, 0) is 38.5 Å². The quantitative estimate of drug-likeness (QED) is 0.0260. The first-order chi connectivity index (χ1) is 33.7. The molecule has 0 amide bonds. The maximum Gasteiger partial charge on any atom is 0.335 e. The second-order valence-corrected chi connectivity index (χ2v) is 20.5. The van der Waals surface area contributed by atoms with Gasteiger partial charge in [-0.15, -0.1) is 0 Å². The lowest BCUT2D eigenvalue weighted by molar-refractivity contribution is -0.298. The van der Waals surface area contributed by atoms with Crippen molar-refractivity contribution < 1.29 is 53.8 Å². The molecule has 0 spiro atoms. The highest BCUT2D eigenvalue weighted by molar-refractivity contribution is 5.73. The summed E-state index contributed by atoms with van der Waals surface area (Å²) in [6.45, 7) is 3.87. The number of carbonyl (C=O) groups is 3. The van der Waals surface area contributed by atoms with E-state index in [4.69, 9.17) is 18.9 Å². The summed E-state index contributed by atoms with van der Waals surface area (Å²) < 4.78 is 21.9. The molecule has 11 heteroatoms. The zero-order chi connectivity index (χ0) is 50.3. The molecule has 0 aromatic rings. The fraction of sp³-hybridized carbons (Fsp3) is 0.914. The molecule has 1 aliphatic rings. The van der Waals surface area contributed by atoms with E-state index in [1.165, 1.54) is 212 Å². The Labute approximate surface area is 422 Å². The van der Waals surface area contributed by atoms with Crippen molar-refractivity contribution in [2.75, 3.05) is 13.2 Å². The molecule has 406 valence electrons. The average Bonchev–Trinajstić information content (AvgIpc) is 3.34. The monoisotopic (exact) mass is 981 g/mol. The molecule has 1 heterocycles. The van der Waals surface area contributed by atoms with Gasteiger partial charge in [-0.2, -0.15) is 0 Å². The van der Waals surface area contributed by atoms with E-state index < -0.39 is 54.7 Å². The van der Waals surface area contributed by atoms with Crippen LogP contribution in [-0.4, -0.2) is 88.4 Å². The van der Waals surface area contributed by atoms with Gasteiger partial charge in [0.05, 0.1) is 6.61 Å². The molecule has 1 fully saturated rings. The number of hydrogen-bond donors (Lipinski definition) is 4. The van der Waals surface area contributed by atoms with Crippen molar-refractivity contribution in [3.05, 3.63) is 12.2 Å². The predicted molar refractivity (Wildman–Crippen MR) is 280 cm³/mol. The number of hydrogen-bond acceptors (Lipinski definition) is 10. The Morgan fingerprint density at radius 2 is 0.768 bits per heavy atom. The third-order valence-electron chi connectivity index (χ3n) is 13.9.